The average molecular weight is 294 g/mol. The number of benzene rings is 1. The number of hydrogen-bond donors (Lipinski definition) is 1. The minimum atomic E-state index is 0.722. The van der Waals surface area contributed by atoms with Crippen molar-refractivity contribution < 1.29 is 4.42 Å². The monoisotopic (exact) mass is 293 g/mol. The summed E-state index contributed by atoms with van der Waals surface area (Å²) in [6, 6.07) is 6.94. The molecule has 0 atom stereocenters. The van der Waals surface area contributed by atoms with Crippen molar-refractivity contribution in [1.29, 1.82) is 0 Å². The Morgan fingerprint density at radius 2 is 2.24 bits per heavy atom. The quantitative estimate of drug-likeness (QED) is 0.921. The first-order valence-corrected chi connectivity index (χ1v) is 7.00. The van der Waals surface area contributed by atoms with Gasteiger partial charge in [-0.3, -0.25) is 0 Å². The number of aryl methyl sites for hydroxylation is 1. The number of furan rings is 1. The lowest BCUT2D eigenvalue weighted by atomic mass is 10.1. The fourth-order valence-electron chi connectivity index (χ4n) is 2.23. The molecule has 90 valence electrons. The third kappa shape index (κ3) is 2.26. The molecule has 2 aromatic rings. The lowest BCUT2D eigenvalue weighted by Gasteiger charge is -2.01. The Morgan fingerprint density at radius 3 is 2.94 bits per heavy atom. The molecule has 0 spiro atoms. The van der Waals surface area contributed by atoms with Gasteiger partial charge < -0.3 is 9.73 Å². The van der Waals surface area contributed by atoms with Crippen molar-refractivity contribution in [3.05, 3.63) is 34.0 Å². The van der Waals surface area contributed by atoms with Crippen LogP contribution in [0.4, 0.5) is 0 Å². The molecule has 3 heteroatoms. The van der Waals surface area contributed by atoms with Crippen molar-refractivity contribution in [1.82, 2.24) is 5.32 Å². The van der Waals surface area contributed by atoms with Gasteiger partial charge in [-0.1, -0.05) is 22.9 Å². The molecule has 0 amide bonds. The van der Waals surface area contributed by atoms with E-state index in [9.17, 15) is 0 Å². The maximum atomic E-state index is 5.94. The maximum Gasteiger partial charge on any atom is 0.134 e. The SMILES string of the molecule is CCc1c(CNC2CC2)oc2ccc(Br)cc12. The van der Waals surface area contributed by atoms with Crippen LogP contribution in [0, 0.1) is 0 Å². The summed E-state index contributed by atoms with van der Waals surface area (Å²) in [5.41, 5.74) is 2.34. The lowest BCUT2D eigenvalue weighted by molar-refractivity contribution is 0.507. The highest BCUT2D eigenvalue weighted by Crippen LogP contribution is 2.29. The Kier molecular flexibility index (Phi) is 2.97. The molecule has 1 aliphatic rings. The largest absolute Gasteiger partial charge is 0.459 e. The lowest BCUT2D eigenvalue weighted by Crippen LogP contribution is -2.15. The van der Waals surface area contributed by atoms with E-state index < -0.39 is 0 Å². The van der Waals surface area contributed by atoms with Crippen molar-refractivity contribution in [3.63, 3.8) is 0 Å². The van der Waals surface area contributed by atoms with E-state index in [4.69, 9.17) is 4.42 Å². The topological polar surface area (TPSA) is 25.2 Å². The molecule has 1 fully saturated rings. The van der Waals surface area contributed by atoms with Crippen LogP contribution in [-0.4, -0.2) is 6.04 Å². The molecule has 0 saturated heterocycles. The van der Waals surface area contributed by atoms with Crippen LogP contribution in [0.1, 0.15) is 31.1 Å². The van der Waals surface area contributed by atoms with Gasteiger partial charge in [-0.2, -0.15) is 0 Å². The Bertz CT molecular complexity index is 542. The predicted molar refractivity (Wildman–Crippen MR) is 73.2 cm³/mol. The molecule has 0 radical (unpaired) electrons. The summed E-state index contributed by atoms with van der Waals surface area (Å²) < 4.78 is 7.05. The summed E-state index contributed by atoms with van der Waals surface area (Å²) in [6.07, 6.45) is 3.64. The van der Waals surface area contributed by atoms with Crippen LogP contribution < -0.4 is 5.32 Å². The molecule has 0 aliphatic heterocycles. The minimum absolute atomic E-state index is 0.722. The standard InChI is InChI=1S/C14H16BrNO/c1-2-11-12-7-9(15)3-6-13(12)17-14(11)8-16-10-4-5-10/h3,6-7,10,16H,2,4-5,8H2,1H3. The summed E-state index contributed by atoms with van der Waals surface area (Å²) in [4.78, 5) is 0. The molecule has 1 saturated carbocycles. The summed E-state index contributed by atoms with van der Waals surface area (Å²) in [7, 11) is 0. The van der Waals surface area contributed by atoms with Gasteiger partial charge in [0.2, 0.25) is 0 Å². The van der Waals surface area contributed by atoms with Crippen LogP contribution in [-0.2, 0) is 13.0 Å². The summed E-state index contributed by atoms with van der Waals surface area (Å²) in [6.45, 7) is 3.05. The highest BCUT2D eigenvalue weighted by molar-refractivity contribution is 9.10. The van der Waals surface area contributed by atoms with Crippen molar-refractivity contribution in [2.24, 2.45) is 0 Å². The minimum Gasteiger partial charge on any atom is -0.459 e. The Labute approximate surface area is 110 Å². The first kappa shape index (κ1) is 11.3. The van der Waals surface area contributed by atoms with Gasteiger partial charge in [0.05, 0.1) is 6.54 Å². The molecule has 0 unspecified atom stereocenters. The molecular formula is C14H16BrNO. The Hall–Kier alpha value is -0.800. The molecule has 17 heavy (non-hydrogen) atoms. The van der Waals surface area contributed by atoms with E-state index in [2.05, 4.69) is 34.2 Å². The maximum absolute atomic E-state index is 5.94. The molecule has 1 N–H and O–H groups in total. The van der Waals surface area contributed by atoms with Crippen LogP contribution in [0.5, 0.6) is 0 Å². The number of fused-ring (bicyclic) bond motifs is 1. The molecule has 3 rings (SSSR count). The second kappa shape index (κ2) is 4.46. The first-order chi connectivity index (χ1) is 8.28. The van der Waals surface area contributed by atoms with Gasteiger partial charge in [-0.15, -0.1) is 0 Å². The van der Waals surface area contributed by atoms with E-state index in [1.165, 1.54) is 23.8 Å². The average Bonchev–Trinajstić information content (AvgIpc) is 3.08. The molecule has 1 aromatic heterocycles. The number of hydrogen-bond acceptors (Lipinski definition) is 2. The molecule has 1 aromatic carbocycles. The third-order valence-corrected chi connectivity index (χ3v) is 3.81. The second-order valence-electron chi connectivity index (χ2n) is 4.65. The van der Waals surface area contributed by atoms with Crippen LogP contribution in [0.3, 0.4) is 0 Å². The van der Waals surface area contributed by atoms with E-state index in [-0.39, 0.29) is 0 Å². The van der Waals surface area contributed by atoms with Gasteiger partial charge in [-0.25, -0.2) is 0 Å². The van der Waals surface area contributed by atoms with Gasteiger partial charge in [0, 0.05) is 21.5 Å². The van der Waals surface area contributed by atoms with E-state index >= 15 is 0 Å². The zero-order valence-electron chi connectivity index (χ0n) is 9.92. The van der Waals surface area contributed by atoms with Gasteiger partial charge in [0.25, 0.3) is 0 Å². The van der Waals surface area contributed by atoms with Crippen molar-refractivity contribution in [2.75, 3.05) is 0 Å². The highest BCUT2D eigenvalue weighted by atomic mass is 79.9. The summed E-state index contributed by atoms with van der Waals surface area (Å²) in [5.74, 6) is 1.10. The highest BCUT2D eigenvalue weighted by Gasteiger charge is 2.22. The zero-order chi connectivity index (χ0) is 11.8. The smallest absolute Gasteiger partial charge is 0.134 e. The van der Waals surface area contributed by atoms with Gasteiger partial charge in [-0.05, 0) is 37.5 Å². The Morgan fingerprint density at radius 1 is 1.41 bits per heavy atom. The van der Waals surface area contributed by atoms with Crippen LogP contribution in [0.25, 0.3) is 11.0 Å². The van der Waals surface area contributed by atoms with Crippen LogP contribution in [0.2, 0.25) is 0 Å². The molecule has 0 bridgehead atoms. The number of nitrogens with one attached hydrogen (secondary N) is 1. The van der Waals surface area contributed by atoms with Crippen molar-refractivity contribution in [2.45, 2.75) is 38.8 Å². The fourth-order valence-corrected chi connectivity index (χ4v) is 2.59. The zero-order valence-corrected chi connectivity index (χ0v) is 11.5. The normalized spacial score (nSPS) is 15.6. The van der Waals surface area contributed by atoms with Crippen molar-refractivity contribution >= 4 is 26.9 Å². The van der Waals surface area contributed by atoms with E-state index in [0.29, 0.717) is 0 Å². The number of rotatable bonds is 4. The fraction of sp³-hybridized carbons (Fsp3) is 0.429. The summed E-state index contributed by atoms with van der Waals surface area (Å²) >= 11 is 3.52. The van der Waals surface area contributed by atoms with Gasteiger partial charge in [0.1, 0.15) is 11.3 Å². The van der Waals surface area contributed by atoms with Crippen LogP contribution >= 0.6 is 15.9 Å². The van der Waals surface area contributed by atoms with Crippen LogP contribution in [0.15, 0.2) is 27.1 Å². The van der Waals surface area contributed by atoms with E-state index in [0.717, 1.165) is 34.8 Å². The molecular weight excluding hydrogens is 278 g/mol. The first-order valence-electron chi connectivity index (χ1n) is 6.21. The van der Waals surface area contributed by atoms with Crippen molar-refractivity contribution in [3.8, 4) is 0 Å². The second-order valence-corrected chi connectivity index (χ2v) is 5.57. The Balaban J connectivity index is 1.97. The number of halogens is 1. The van der Waals surface area contributed by atoms with E-state index in [1.54, 1.807) is 0 Å². The van der Waals surface area contributed by atoms with Gasteiger partial charge in [0.15, 0.2) is 0 Å². The van der Waals surface area contributed by atoms with Gasteiger partial charge >= 0.3 is 0 Å². The summed E-state index contributed by atoms with van der Waals surface area (Å²) in [5, 5.41) is 4.76. The van der Waals surface area contributed by atoms with E-state index in [1.807, 2.05) is 12.1 Å². The molecule has 1 heterocycles. The third-order valence-electron chi connectivity index (χ3n) is 3.32. The molecule has 2 nitrogen and oxygen atoms in total. The predicted octanol–water partition coefficient (Wildman–Crippen LogP) is 4.01. The molecule has 1 aliphatic carbocycles.